The lowest BCUT2D eigenvalue weighted by molar-refractivity contribution is -0.157. The molecule has 2 fully saturated rings. The third-order valence-electron chi connectivity index (χ3n) is 7.99. The number of carbonyl (C=O) groups excluding carboxylic acids is 4. The van der Waals surface area contributed by atoms with E-state index in [0.29, 0.717) is 16.6 Å². The number of β-lactam (4-membered cyclic amide) rings is 1. The summed E-state index contributed by atoms with van der Waals surface area (Å²) in [5.74, 6) is -4.39. The van der Waals surface area contributed by atoms with Crippen molar-refractivity contribution in [2.75, 3.05) is 37.1 Å². The van der Waals surface area contributed by atoms with Gasteiger partial charge in [0.25, 0.3) is 17.7 Å². The van der Waals surface area contributed by atoms with Crippen molar-refractivity contribution in [1.82, 2.24) is 41.6 Å². The SMILES string of the molecule is CC1=NC2=CN(CO)NN2C(SCC2(C(=O)O)CS[C@@H]3C(NC(=O)C(=NOCC(=O)NNC(=O)c4ccc(O)c(O)c4)c4csc(N)n4)C(=O)N3C2)=C1. The smallest absolute Gasteiger partial charge is 0.313 e. The lowest BCUT2D eigenvalue weighted by atomic mass is 9.89. The molecule has 10 N–H and O–H groups in total. The van der Waals surface area contributed by atoms with E-state index in [1.807, 2.05) is 0 Å². The zero-order valence-corrected chi connectivity index (χ0v) is 29.8. The minimum absolute atomic E-state index is 0.00223. The van der Waals surface area contributed by atoms with Crippen molar-refractivity contribution in [2.24, 2.45) is 15.6 Å². The quantitative estimate of drug-likeness (QED) is 0.0518. The van der Waals surface area contributed by atoms with Gasteiger partial charge >= 0.3 is 5.97 Å². The van der Waals surface area contributed by atoms with Crippen LogP contribution in [0.15, 0.2) is 56.9 Å². The van der Waals surface area contributed by atoms with Gasteiger partial charge in [0.1, 0.15) is 29.3 Å². The minimum Gasteiger partial charge on any atom is -0.504 e. The fourth-order valence-corrected chi connectivity index (χ4v) is 8.74. The monoisotopic (exact) mass is 789 g/mol. The highest BCUT2D eigenvalue weighted by Crippen LogP contribution is 2.45. The Hall–Kier alpha value is -5.56. The Morgan fingerprint density at radius 2 is 2.02 bits per heavy atom. The maximum absolute atomic E-state index is 13.4. The number of amides is 4. The maximum Gasteiger partial charge on any atom is 0.313 e. The number of nitrogens with zero attached hydrogens (tertiary/aromatic N) is 6. The number of anilines is 1. The van der Waals surface area contributed by atoms with Crippen LogP contribution in [0.2, 0.25) is 0 Å². The number of aliphatic carboxylic acids is 1. The molecule has 3 atom stereocenters. The molecule has 2 unspecified atom stereocenters. The first-order valence-corrected chi connectivity index (χ1v) is 18.2. The zero-order chi connectivity index (χ0) is 38.0. The van der Waals surface area contributed by atoms with Gasteiger partial charge in [-0.1, -0.05) is 5.16 Å². The number of hydrogen-bond donors (Lipinski definition) is 9. The number of phenols is 2. The van der Waals surface area contributed by atoms with Gasteiger partial charge in [-0.05, 0) is 31.2 Å². The lowest BCUT2D eigenvalue weighted by Gasteiger charge is -2.53. The van der Waals surface area contributed by atoms with Crippen molar-refractivity contribution in [3.05, 3.63) is 58.0 Å². The summed E-state index contributed by atoms with van der Waals surface area (Å²) in [5.41, 5.74) is 11.7. The van der Waals surface area contributed by atoms with Gasteiger partial charge in [-0.15, -0.1) is 40.4 Å². The van der Waals surface area contributed by atoms with E-state index in [1.54, 1.807) is 24.2 Å². The zero-order valence-electron chi connectivity index (χ0n) is 27.4. The van der Waals surface area contributed by atoms with Crippen LogP contribution in [0.25, 0.3) is 0 Å². The van der Waals surface area contributed by atoms with Crippen LogP contribution in [-0.4, -0.2) is 124 Å². The van der Waals surface area contributed by atoms with Crippen LogP contribution >= 0.6 is 34.9 Å². The van der Waals surface area contributed by atoms with Gasteiger partial charge in [0.2, 0.25) is 5.91 Å². The molecular formula is C29H31N11O10S3. The number of carboxylic acids is 1. The molecule has 6 rings (SSSR count). The van der Waals surface area contributed by atoms with Crippen molar-refractivity contribution in [2.45, 2.75) is 18.3 Å². The van der Waals surface area contributed by atoms with Crippen LogP contribution < -0.4 is 27.4 Å². The number of nitrogens with two attached hydrogens (primary N) is 1. The molecule has 21 nitrogen and oxygen atoms in total. The van der Waals surface area contributed by atoms with Gasteiger partial charge in [-0.3, -0.25) is 39.8 Å². The van der Waals surface area contributed by atoms with E-state index in [-0.39, 0.29) is 41.2 Å². The second-order valence-electron chi connectivity index (χ2n) is 11.8. The highest BCUT2D eigenvalue weighted by Gasteiger charge is 2.57. The number of allylic oxidation sites excluding steroid dienone is 1. The van der Waals surface area contributed by atoms with Crippen LogP contribution in [0, 0.1) is 5.41 Å². The molecule has 1 aromatic carbocycles. The Balaban J connectivity index is 1.05. The first-order valence-electron chi connectivity index (χ1n) is 15.3. The third-order valence-corrected chi connectivity index (χ3v) is 11.5. The fourth-order valence-electron chi connectivity index (χ4n) is 5.27. The number of hydrazine groups is 3. The summed E-state index contributed by atoms with van der Waals surface area (Å²) in [6, 6.07) is 2.25. The molecule has 0 bridgehead atoms. The minimum atomic E-state index is -1.33. The molecule has 2 saturated heterocycles. The second-order valence-corrected chi connectivity index (χ2v) is 14.7. The highest BCUT2D eigenvalue weighted by molar-refractivity contribution is 8.03. The van der Waals surface area contributed by atoms with Gasteiger partial charge in [-0.2, -0.15) is 0 Å². The molecule has 4 aliphatic heterocycles. The van der Waals surface area contributed by atoms with Gasteiger partial charge in [0, 0.05) is 34.7 Å². The summed E-state index contributed by atoms with van der Waals surface area (Å²) < 4.78 is 0. The number of aliphatic hydroxyl groups excluding tert-OH is 1. The standard InChI is InChI=1S/C29H31N11O10S3/c1-13-4-20(40-18(31-13)6-38(12-41)37-40)52-10-29(27(48)49)9-39-25(47)22(26(39)53-11-29)33-24(46)21(15-8-51-28(30)32-15)36-50-7-19(44)34-35-23(45)14-2-3-16(42)17(43)5-14/h2-6,8,22,26,37,41-43H,7,9-12H2,1H3,(H2,30,32)(H,33,46)(H,34,44)(H,35,45)(H,48,49)/t22?,26-,29?/m1/s1. The Bertz CT molecular complexity index is 1990. The molecule has 280 valence electrons. The van der Waals surface area contributed by atoms with Crippen molar-refractivity contribution in [3.8, 4) is 11.5 Å². The number of oxime groups is 1. The molecule has 4 amide bonds. The maximum atomic E-state index is 13.4. The number of hydrogen-bond acceptors (Lipinski definition) is 19. The molecule has 2 aromatic rings. The number of aliphatic imine (C=N–C) groups is 1. The Kier molecular flexibility index (Phi) is 10.7. The number of nitrogen functional groups attached to an aromatic ring is 1. The second kappa shape index (κ2) is 15.2. The van der Waals surface area contributed by atoms with Crippen LogP contribution in [0.1, 0.15) is 23.0 Å². The van der Waals surface area contributed by atoms with Crippen LogP contribution in [0.4, 0.5) is 5.13 Å². The number of aromatic hydroxyl groups is 2. The molecule has 0 saturated carbocycles. The Morgan fingerprint density at radius 1 is 1.23 bits per heavy atom. The number of fused-ring (bicyclic) bond motifs is 2. The molecule has 53 heavy (non-hydrogen) atoms. The number of thiazole rings is 1. The number of aromatic nitrogens is 1. The topological polar surface area (TPSA) is 297 Å². The fraction of sp³-hybridized carbons (Fsp3) is 0.310. The molecule has 1 aromatic heterocycles. The summed E-state index contributed by atoms with van der Waals surface area (Å²) in [5, 5.41) is 49.8. The van der Waals surface area contributed by atoms with Crippen LogP contribution in [0.5, 0.6) is 11.5 Å². The lowest BCUT2D eigenvalue weighted by Crippen LogP contribution is -2.74. The normalized spacial score (nSPS) is 22.1. The number of carboxylic acid groups (broad SMARTS) is 1. The van der Waals surface area contributed by atoms with Gasteiger partial charge < -0.3 is 41.2 Å². The highest BCUT2D eigenvalue weighted by atomic mass is 32.2. The van der Waals surface area contributed by atoms with Gasteiger partial charge in [0.05, 0.1) is 11.2 Å². The van der Waals surface area contributed by atoms with E-state index < -0.39 is 70.2 Å². The largest absolute Gasteiger partial charge is 0.504 e. The summed E-state index contributed by atoms with van der Waals surface area (Å²) in [6.45, 7) is 0.605. The first kappa shape index (κ1) is 37.2. The molecule has 24 heteroatoms. The number of aliphatic hydroxyl groups is 1. The van der Waals surface area contributed by atoms with E-state index in [1.165, 1.54) is 44.9 Å². The van der Waals surface area contributed by atoms with Crippen molar-refractivity contribution in [3.63, 3.8) is 0 Å². The number of nitrogens with one attached hydrogen (secondary N) is 4. The average Bonchev–Trinajstić information content (AvgIpc) is 3.76. The number of thioether (sulfide) groups is 2. The van der Waals surface area contributed by atoms with E-state index in [0.717, 1.165) is 23.5 Å². The molecule has 0 aliphatic carbocycles. The molecule has 0 radical (unpaired) electrons. The number of carbonyl (C=O) groups is 5. The predicted molar refractivity (Wildman–Crippen MR) is 190 cm³/mol. The Morgan fingerprint density at radius 3 is 2.72 bits per heavy atom. The van der Waals surface area contributed by atoms with E-state index in [4.69, 9.17) is 10.6 Å². The summed E-state index contributed by atoms with van der Waals surface area (Å²) >= 11 is 3.47. The van der Waals surface area contributed by atoms with Crippen LogP contribution in [0.3, 0.4) is 0 Å². The van der Waals surface area contributed by atoms with Crippen molar-refractivity contribution >= 4 is 81.0 Å². The summed E-state index contributed by atoms with van der Waals surface area (Å²) in [7, 11) is 0. The number of benzene rings is 1. The third kappa shape index (κ3) is 7.80. The van der Waals surface area contributed by atoms with Gasteiger partial charge in [-0.25, -0.2) is 15.0 Å². The molecule has 4 aliphatic rings. The number of phenolic OH excluding ortho intramolecular Hbond substituents is 2. The van der Waals surface area contributed by atoms with E-state index >= 15 is 0 Å². The first-order chi connectivity index (χ1) is 25.3. The molecular weight excluding hydrogens is 759 g/mol. The summed E-state index contributed by atoms with van der Waals surface area (Å²) in [4.78, 5) is 78.9. The van der Waals surface area contributed by atoms with E-state index in [2.05, 4.69) is 36.8 Å². The predicted octanol–water partition coefficient (Wildman–Crippen LogP) is -1.38. The van der Waals surface area contributed by atoms with Crippen molar-refractivity contribution < 1.29 is 49.2 Å². The average molecular weight is 790 g/mol. The van der Waals surface area contributed by atoms with Crippen molar-refractivity contribution in [1.29, 1.82) is 0 Å². The van der Waals surface area contributed by atoms with Crippen LogP contribution in [-0.2, 0) is 24.0 Å². The Labute approximate surface area is 311 Å². The van der Waals surface area contributed by atoms with E-state index in [9.17, 15) is 44.4 Å². The number of rotatable bonds is 12. The summed E-state index contributed by atoms with van der Waals surface area (Å²) in [6.07, 6.45) is 3.39. The molecule has 0 spiro atoms. The van der Waals surface area contributed by atoms with Gasteiger partial charge in [0.15, 0.2) is 34.8 Å². The molecule has 5 heterocycles.